The highest BCUT2D eigenvalue weighted by Gasteiger charge is 2.48. The van der Waals surface area contributed by atoms with E-state index in [1.54, 1.807) is 0 Å². The summed E-state index contributed by atoms with van der Waals surface area (Å²) in [5.74, 6) is -0.417. The van der Waals surface area contributed by atoms with Crippen molar-refractivity contribution in [2.24, 2.45) is 35.0 Å². The second kappa shape index (κ2) is 36.0. The van der Waals surface area contributed by atoms with Gasteiger partial charge in [0.2, 0.25) is 17.7 Å². The first-order valence-electron chi connectivity index (χ1n) is 35.4. The molecule has 102 heavy (non-hydrogen) atoms. The van der Waals surface area contributed by atoms with Crippen LogP contribution in [0.3, 0.4) is 0 Å². The molecule has 3 aromatic carbocycles. The molecule has 3 aromatic heterocycles. The van der Waals surface area contributed by atoms with Crippen molar-refractivity contribution in [3.63, 3.8) is 0 Å². The minimum absolute atomic E-state index is 0.0446. The van der Waals surface area contributed by atoms with E-state index in [1.165, 1.54) is 99.5 Å². The predicted octanol–water partition coefficient (Wildman–Crippen LogP) is 7.38. The molecule has 6 heterocycles. The number of ketones is 3. The van der Waals surface area contributed by atoms with Crippen LogP contribution in [0.5, 0.6) is 0 Å². The van der Waals surface area contributed by atoms with Crippen molar-refractivity contribution in [1.29, 1.82) is 0 Å². The van der Waals surface area contributed by atoms with Crippen LogP contribution >= 0.6 is 35.3 Å². The number of aromatic amines is 3. The lowest BCUT2D eigenvalue weighted by atomic mass is 9.72. The smallest absolute Gasteiger partial charge is 0.324 e. The molecule has 0 unspecified atom stereocenters. The van der Waals surface area contributed by atoms with Crippen LogP contribution < -0.4 is 33.2 Å². The highest BCUT2D eigenvalue weighted by molar-refractivity contribution is 8.00. The number of hydrogen-bond acceptors (Lipinski definition) is 18. The summed E-state index contributed by atoms with van der Waals surface area (Å²) >= 11 is 3.73. The molecule has 546 valence electrons. The van der Waals surface area contributed by atoms with Crippen LogP contribution in [0.25, 0.3) is 32.7 Å². The third-order valence-corrected chi connectivity index (χ3v) is 23.4. The van der Waals surface area contributed by atoms with Gasteiger partial charge in [0.1, 0.15) is 0 Å². The van der Waals surface area contributed by atoms with Gasteiger partial charge in [-0.25, -0.2) is 14.4 Å². The molecule has 9 amide bonds. The number of nitrogens with one attached hydrogen (secondary N) is 6. The number of nitrogens with two attached hydrogens (primary N) is 3. The molecule has 24 nitrogen and oxygen atoms in total. The number of aromatic nitrogens is 3. The fraction of sp³-hybridized carbons (Fsp3) is 0.480. The van der Waals surface area contributed by atoms with Gasteiger partial charge in [-0.05, 0) is 111 Å². The monoisotopic (exact) mass is 1450 g/mol. The van der Waals surface area contributed by atoms with Gasteiger partial charge in [0.05, 0.1) is 72.3 Å². The second-order valence-electron chi connectivity index (χ2n) is 26.9. The van der Waals surface area contributed by atoms with Gasteiger partial charge >= 0.3 is 18.1 Å². The normalized spacial score (nSPS) is 21.6. The molecule has 6 aromatic rings. The first kappa shape index (κ1) is 76.8. The molecular weight excluding hydrogens is 1350 g/mol. The van der Waals surface area contributed by atoms with E-state index in [2.05, 4.69) is 139 Å². The van der Waals surface area contributed by atoms with Crippen molar-refractivity contribution >= 4 is 121 Å². The molecule has 12 rings (SSSR count). The third-order valence-electron chi connectivity index (χ3n) is 20.5. The number of amides is 9. The number of Topliss-reactive ketones (excluding diaryl/α,β-unsaturated/α-hetero) is 3. The number of benzene rings is 3. The number of fused-ring (bicyclic) bond motifs is 6. The number of imide groups is 3. The van der Waals surface area contributed by atoms with Crippen molar-refractivity contribution in [2.45, 2.75) is 95.2 Å². The number of likely N-dealkylation sites (tertiary alicyclic amines) is 3. The van der Waals surface area contributed by atoms with Crippen LogP contribution in [0.4, 0.5) is 14.4 Å². The molecule has 0 spiro atoms. The molecule has 9 atom stereocenters. The minimum Gasteiger partial charge on any atom is -0.361 e. The molecule has 3 fully saturated rings. The Morgan fingerprint density at radius 3 is 0.980 bits per heavy atom. The summed E-state index contributed by atoms with van der Waals surface area (Å²) < 4.78 is 0. The molecule has 0 bridgehead atoms. The van der Waals surface area contributed by atoms with Crippen LogP contribution in [0.1, 0.15) is 91.2 Å². The fourth-order valence-corrected chi connectivity index (χ4v) is 18.6. The quantitative estimate of drug-likeness (QED) is 0.0179. The van der Waals surface area contributed by atoms with E-state index in [9.17, 15) is 43.2 Å². The Labute approximate surface area is 609 Å². The first-order valence-corrected chi connectivity index (χ1v) is 38.9. The fourth-order valence-electron chi connectivity index (χ4n) is 16.1. The average molecular weight is 1450 g/mol. The molecule has 6 aliphatic rings. The summed E-state index contributed by atoms with van der Waals surface area (Å²) in [4.78, 5) is 135. The Kier molecular flexibility index (Phi) is 27.1. The number of carbonyl (C=O) groups excluding carboxylic acids is 9. The minimum atomic E-state index is -0.420. The van der Waals surface area contributed by atoms with Gasteiger partial charge in [-0.2, -0.15) is 0 Å². The first-order chi connectivity index (χ1) is 49.4. The van der Waals surface area contributed by atoms with Gasteiger partial charge in [-0.3, -0.25) is 58.2 Å². The lowest BCUT2D eigenvalue weighted by Gasteiger charge is -2.47. The number of hydrogen-bond donors (Lipinski definition) is 9. The van der Waals surface area contributed by atoms with E-state index >= 15 is 0 Å². The van der Waals surface area contributed by atoms with Gasteiger partial charge in [0.25, 0.3) is 0 Å². The third kappa shape index (κ3) is 17.2. The highest BCUT2D eigenvalue weighted by atomic mass is 32.2. The predicted molar refractivity (Wildman–Crippen MR) is 407 cm³/mol. The number of rotatable bonds is 27. The summed E-state index contributed by atoms with van der Waals surface area (Å²) in [5.41, 5.74) is 27.3. The van der Waals surface area contributed by atoms with Crippen molar-refractivity contribution in [3.05, 3.63) is 145 Å². The Bertz CT molecular complexity index is 3660. The standard InChI is InChI=1S/3C25H33N5O3S/c3*1-3-8-29-13-17(24(32)30(25(33)27-4-2)15-34-14-18(31)11-26)9-20-19-6-5-7-21-23(19)16(12-28-21)10-22(20)29/h3*3,5-7,12,17,20,22,28H,1,4,8-11,13-15,26H2,2H3,(H,27,33)/t3*17-,20-,22-/m111/s1. The maximum absolute atomic E-state index is 13.7. The maximum Gasteiger partial charge on any atom is 0.324 e. The van der Waals surface area contributed by atoms with Crippen LogP contribution in [0.2, 0.25) is 0 Å². The molecule has 12 N–H and O–H groups in total. The molecule has 3 aliphatic carbocycles. The number of carbonyl (C=O) groups is 9. The Morgan fingerprint density at radius 2 is 0.735 bits per heavy atom. The van der Waals surface area contributed by atoms with Crippen molar-refractivity contribution in [2.75, 3.05) is 113 Å². The largest absolute Gasteiger partial charge is 0.361 e. The summed E-state index contributed by atoms with van der Waals surface area (Å²) in [6.07, 6.45) is 16.8. The van der Waals surface area contributed by atoms with E-state index in [1.807, 2.05) is 39.0 Å². The average Bonchev–Trinajstić information content (AvgIpc) is 1.46. The van der Waals surface area contributed by atoms with Gasteiger partial charge in [-0.1, -0.05) is 54.6 Å². The highest BCUT2D eigenvalue weighted by Crippen LogP contribution is 2.48. The molecule has 0 radical (unpaired) electrons. The van der Waals surface area contributed by atoms with Crippen LogP contribution in [0, 0.1) is 17.8 Å². The second-order valence-corrected chi connectivity index (χ2v) is 29.7. The summed E-state index contributed by atoms with van der Waals surface area (Å²) in [5, 5.41) is 12.0. The van der Waals surface area contributed by atoms with Crippen molar-refractivity contribution in [3.8, 4) is 0 Å². The van der Waals surface area contributed by atoms with Crippen LogP contribution in [-0.2, 0) is 48.0 Å². The van der Waals surface area contributed by atoms with Gasteiger partial charge in [-0.15, -0.1) is 55.0 Å². The molecule has 0 saturated carbocycles. The number of piperidine rings is 3. The zero-order valence-corrected chi connectivity index (χ0v) is 61.2. The van der Waals surface area contributed by atoms with Crippen molar-refractivity contribution < 1.29 is 43.2 Å². The van der Waals surface area contributed by atoms with Crippen molar-refractivity contribution in [1.82, 2.24) is 60.3 Å². The molecule has 3 saturated heterocycles. The molecular formula is C75H99N15O9S3. The summed E-state index contributed by atoms with van der Waals surface area (Å²) in [7, 11) is 0. The summed E-state index contributed by atoms with van der Waals surface area (Å²) in [6, 6.07) is 18.6. The Hall–Kier alpha value is -7.86. The summed E-state index contributed by atoms with van der Waals surface area (Å²) in [6.45, 7) is 22.2. The van der Waals surface area contributed by atoms with Gasteiger partial charge in [0, 0.05) is 146 Å². The van der Waals surface area contributed by atoms with Crippen LogP contribution in [0.15, 0.2) is 111 Å². The topological polar surface area (TPSA) is 335 Å². The van der Waals surface area contributed by atoms with E-state index in [0.717, 1.165) is 35.8 Å². The van der Waals surface area contributed by atoms with E-state index in [0.29, 0.717) is 78.2 Å². The van der Waals surface area contributed by atoms with E-state index < -0.39 is 18.1 Å². The molecule has 3 aliphatic heterocycles. The number of urea groups is 3. The van der Waals surface area contributed by atoms with Gasteiger partial charge < -0.3 is 48.1 Å². The maximum atomic E-state index is 13.7. The number of nitrogens with zero attached hydrogens (tertiary/aromatic N) is 6. The van der Waals surface area contributed by atoms with E-state index in [4.69, 9.17) is 17.2 Å². The molecule has 27 heteroatoms. The zero-order chi connectivity index (χ0) is 72.7. The number of thioether (sulfide) groups is 3. The van der Waals surface area contributed by atoms with Crippen LogP contribution in [-0.4, -0.2) is 229 Å². The van der Waals surface area contributed by atoms with E-state index in [-0.39, 0.29) is 143 Å². The lowest BCUT2D eigenvalue weighted by molar-refractivity contribution is -0.135. The Balaban J connectivity index is 0.000000165. The zero-order valence-electron chi connectivity index (χ0n) is 58.8. The SMILES string of the molecule is C=CCN1C[C@H](C(=O)N(CSCC(=O)CN)C(=O)NCC)C[C@@H]2c3cccc4[nH]cc(c34)C[C@H]21.C=CCN1C[C@H](C(=O)N(CSCC(=O)CN)C(=O)NCC)C[C@@H]2c3cccc4[nH]cc(c34)C[C@H]21.C=CCN1C[C@H](C(=O)N(CSCC(=O)CN)C(=O)NCC)C[C@@H]2c3cccc4[nH]cc(c34)C[C@H]21. The van der Waals surface area contributed by atoms with Gasteiger partial charge in [0.15, 0.2) is 17.3 Å². The number of H-pyrrole nitrogens is 3. The lowest BCUT2D eigenvalue weighted by Crippen LogP contribution is -2.55. The Morgan fingerprint density at radius 1 is 0.461 bits per heavy atom.